The number of anilines is 1. The zero-order chi connectivity index (χ0) is 34.3. The third-order valence-corrected chi connectivity index (χ3v) is 7.49. The zero-order valence-electron chi connectivity index (χ0n) is 27.3. The number of rotatable bonds is 17. The van der Waals surface area contributed by atoms with Crippen LogP contribution in [0, 0.1) is 6.92 Å². The minimum atomic E-state index is -1.16. The maximum atomic E-state index is 13.3. The molecule has 0 spiro atoms. The van der Waals surface area contributed by atoms with Crippen molar-refractivity contribution in [1.29, 1.82) is 0 Å². The molecular formula is C38H41N3O7. The average molecular weight is 652 g/mol. The zero-order valence-corrected chi connectivity index (χ0v) is 27.3. The molecule has 1 heterocycles. The summed E-state index contributed by atoms with van der Waals surface area (Å²) in [6.45, 7) is 4.11. The SMILES string of the molecule is CCCCCCCCOc1ccc(C(=O)Oc2ccc(CN(CC(=O)O)C(=O)c3ccc(NC(=O)c4cccc(C)n4)cc3)cc2)cc1. The van der Waals surface area contributed by atoms with E-state index in [1.165, 1.54) is 42.7 Å². The van der Waals surface area contributed by atoms with E-state index in [0.717, 1.165) is 12.8 Å². The lowest BCUT2D eigenvalue weighted by Crippen LogP contribution is -2.35. The summed E-state index contributed by atoms with van der Waals surface area (Å²) < 4.78 is 11.3. The highest BCUT2D eigenvalue weighted by Gasteiger charge is 2.20. The van der Waals surface area contributed by atoms with Gasteiger partial charge in [0.15, 0.2) is 0 Å². The molecule has 0 aliphatic carbocycles. The monoisotopic (exact) mass is 651 g/mol. The number of aliphatic carboxylic acids is 1. The van der Waals surface area contributed by atoms with Gasteiger partial charge in [-0.15, -0.1) is 0 Å². The van der Waals surface area contributed by atoms with Crippen molar-refractivity contribution in [2.45, 2.75) is 58.9 Å². The number of carbonyl (C=O) groups is 4. The van der Waals surface area contributed by atoms with Gasteiger partial charge in [-0.3, -0.25) is 14.4 Å². The molecule has 2 amide bonds. The summed E-state index contributed by atoms with van der Waals surface area (Å²) >= 11 is 0. The molecule has 0 unspecified atom stereocenters. The van der Waals surface area contributed by atoms with Gasteiger partial charge in [0.2, 0.25) is 0 Å². The number of hydrogen-bond donors (Lipinski definition) is 2. The summed E-state index contributed by atoms with van der Waals surface area (Å²) in [5.74, 6) is -1.57. The Morgan fingerprint density at radius 2 is 1.42 bits per heavy atom. The van der Waals surface area contributed by atoms with Gasteiger partial charge in [-0.2, -0.15) is 0 Å². The summed E-state index contributed by atoms with van der Waals surface area (Å²) in [7, 11) is 0. The highest BCUT2D eigenvalue weighted by Crippen LogP contribution is 2.20. The molecule has 4 aromatic rings. The third-order valence-electron chi connectivity index (χ3n) is 7.49. The van der Waals surface area contributed by atoms with Gasteiger partial charge in [0, 0.05) is 23.5 Å². The highest BCUT2D eigenvalue weighted by atomic mass is 16.5. The maximum Gasteiger partial charge on any atom is 0.343 e. The van der Waals surface area contributed by atoms with Crippen molar-refractivity contribution < 1.29 is 33.8 Å². The second-order valence-corrected chi connectivity index (χ2v) is 11.4. The number of carboxylic acids is 1. The molecule has 48 heavy (non-hydrogen) atoms. The van der Waals surface area contributed by atoms with Crippen molar-refractivity contribution >= 4 is 29.4 Å². The van der Waals surface area contributed by atoms with Gasteiger partial charge >= 0.3 is 11.9 Å². The van der Waals surface area contributed by atoms with Gasteiger partial charge in [0.25, 0.3) is 11.8 Å². The molecule has 0 aliphatic heterocycles. The van der Waals surface area contributed by atoms with Gasteiger partial charge in [-0.05, 0) is 91.7 Å². The van der Waals surface area contributed by atoms with E-state index in [1.807, 2.05) is 0 Å². The Hall–Kier alpha value is -5.51. The Morgan fingerprint density at radius 3 is 2.08 bits per heavy atom. The van der Waals surface area contributed by atoms with E-state index in [1.54, 1.807) is 85.8 Å². The molecule has 10 nitrogen and oxygen atoms in total. The molecule has 0 saturated carbocycles. The Kier molecular flexibility index (Phi) is 13.2. The number of nitrogens with one attached hydrogen (secondary N) is 1. The van der Waals surface area contributed by atoms with Crippen molar-refractivity contribution in [1.82, 2.24) is 9.88 Å². The maximum absolute atomic E-state index is 13.3. The fourth-order valence-electron chi connectivity index (χ4n) is 4.92. The Bertz CT molecular complexity index is 1670. The molecule has 3 aromatic carbocycles. The number of carbonyl (C=O) groups excluding carboxylic acids is 3. The Balaban J connectivity index is 1.29. The predicted molar refractivity (Wildman–Crippen MR) is 182 cm³/mol. The standard InChI is InChI=1S/C38H41N3O7/c1-3-4-5-6-7-8-24-47-32-22-16-30(17-23-32)38(46)48-33-20-12-28(13-21-33)25-41(26-35(42)43)37(45)29-14-18-31(19-15-29)40-36(44)34-11-9-10-27(2)39-34/h9-23H,3-8,24-26H2,1-2H3,(H,40,44)(H,42,43). The first-order chi connectivity index (χ1) is 23.2. The number of aryl methyl sites for hydroxylation is 1. The lowest BCUT2D eigenvalue weighted by atomic mass is 10.1. The van der Waals surface area contributed by atoms with E-state index >= 15 is 0 Å². The molecule has 1 aromatic heterocycles. The molecule has 250 valence electrons. The van der Waals surface area contributed by atoms with Crippen LogP contribution in [-0.2, 0) is 11.3 Å². The van der Waals surface area contributed by atoms with Crippen LogP contribution in [0.2, 0.25) is 0 Å². The molecule has 0 fully saturated rings. The number of pyridine rings is 1. The van der Waals surface area contributed by atoms with Gasteiger partial charge in [-0.1, -0.05) is 57.2 Å². The average Bonchev–Trinajstić information content (AvgIpc) is 3.08. The predicted octanol–water partition coefficient (Wildman–Crippen LogP) is 7.33. The largest absolute Gasteiger partial charge is 0.494 e. The molecule has 0 bridgehead atoms. The lowest BCUT2D eigenvalue weighted by molar-refractivity contribution is -0.137. The van der Waals surface area contributed by atoms with E-state index in [9.17, 15) is 24.3 Å². The minimum absolute atomic E-state index is 0.0110. The van der Waals surface area contributed by atoms with E-state index in [-0.39, 0.29) is 23.7 Å². The number of hydrogen-bond acceptors (Lipinski definition) is 7. The van der Waals surface area contributed by atoms with Crippen molar-refractivity contribution in [3.05, 3.63) is 119 Å². The van der Waals surface area contributed by atoms with Crippen LogP contribution >= 0.6 is 0 Å². The summed E-state index contributed by atoms with van der Waals surface area (Å²) in [5, 5.41) is 12.2. The van der Waals surface area contributed by atoms with Crippen LogP contribution in [-0.4, -0.2) is 51.9 Å². The summed E-state index contributed by atoms with van der Waals surface area (Å²) in [5.41, 5.74) is 2.72. The third kappa shape index (κ3) is 11.1. The van der Waals surface area contributed by atoms with Gasteiger partial charge < -0.3 is 24.8 Å². The molecule has 4 rings (SSSR count). The topological polar surface area (TPSA) is 135 Å². The van der Waals surface area contributed by atoms with E-state index < -0.39 is 24.4 Å². The summed E-state index contributed by atoms with van der Waals surface area (Å²) in [6, 6.07) is 24.6. The van der Waals surface area contributed by atoms with Gasteiger partial charge in [-0.25, -0.2) is 9.78 Å². The second kappa shape index (κ2) is 18.0. The number of nitrogens with zero attached hydrogens (tertiary/aromatic N) is 2. The van der Waals surface area contributed by atoms with Crippen molar-refractivity contribution in [2.75, 3.05) is 18.5 Å². The fourth-order valence-corrected chi connectivity index (χ4v) is 4.92. The fraction of sp³-hybridized carbons (Fsp3) is 0.289. The van der Waals surface area contributed by atoms with Crippen LogP contribution in [0.1, 0.15) is 87.9 Å². The summed E-state index contributed by atoms with van der Waals surface area (Å²) in [4.78, 5) is 55.5. The van der Waals surface area contributed by atoms with Crippen LogP contribution in [0.3, 0.4) is 0 Å². The molecule has 0 atom stereocenters. The smallest absolute Gasteiger partial charge is 0.343 e. The Labute approximate surface area is 280 Å². The first-order valence-electron chi connectivity index (χ1n) is 16.1. The molecule has 10 heteroatoms. The first kappa shape index (κ1) is 35.3. The quantitative estimate of drug-likeness (QED) is 0.0689. The first-order valence-corrected chi connectivity index (χ1v) is 16.1. The molecular weight excluding hydrogens is 610 g/mol. The summed E-state index contributed by atoms with van der Waals surface area (Å²) in [6.07, 6.45) is 7.10. The van der Waals surface area contributed by atoms with Crippen LogP contribution in [0.15, 0.2) is 91.0 Å². The minimum Gasteiger partial charge on any atom is -0.494 e. The number of esters is 1. The number of aromatic nitrogens is 1. The normalized spacial score (nSPS) is 10.6. The Morgan fingerprint density at radius 1 is 0.771 bits per heavy atom. The van der Waals surface area contributed by atoms with Crippen LogP contribution in [0.5, 0.6) is 11.5 Å². The molecule has 2 N–H and O–H groups in total. The van der Waals surface area contributed by atoms with Gasteiger partial charge in [0.1, 0.15) is 23.7 Å². The van der Waals surface area contributed by atoms with E-state index in [0.29, 0.717) is 40.6 Å². The number of benzene rings is 3. The molecule has 0 saturated heterocycles. The highest BCUT2D eigenvalue weighted by molar-refractivity contribution is 6.03. The van der Waals surface area contributed by atoms with Crippen LogP contribution < -0.4 is 14.8 Å². The number of amides is 2. The van der Waals surface area contributed by atoms with Crippen molar-refractivity contribution in [3.8, 4) is 11.5 Å². The van der Waals surface area contributed by atoms with Crippen molar-refractivity contribution in [3.63, 3.8) is 0 Å². The molecule has 0 aliphatic rings. The molecule has 0 radical (unpaired) electrons. The van der Waals surface area contributed by atoms with Crippen LogP contribution in [0.4, 0.5) is 5.69 Å². The number of carboxylic acid groups (broad SMARTS) is 1. The van der Waals surface area contributed by atoms with Gasteiger partial charge in [0.05, 0.1) is 12.2 Å². The van der Waals surface area contributed by atoms with E-state index in [4.69, 9.17) is 9.47 Å². The second-order valence-electron chi connectivity index (χ2n) is 11.4. The van der Waals surface area contributed by atoms with Crippen LogP contribution in [0.25, 0.3) is 0 Å². The number of ether oxygens (including phenoxy) is 2. The number of unbranched alkanes of at least 4 members (excludes halogenated alkanes) is 5. The van der Waals surface area contributed by atoms with Crippen molar-refractivity contribution in [2.24, 2.45) is 0 Å². The van der Waals surface area contributed by atoms with E-state index in [2.05, 4.69) is 17.2 Å². The lowest BCUT2D eigenvalue weighted by Gasteiger charge is -2.21.